The van der Waals surface area contributed by atoms with Crippen LogP contribution in [0, 0.1) is 0 Å². The maximum absolute atomic E-state index is 5.36. The lowest BCUT2D eigenvalue weighted by molar-refractivity contribution is 1.08. The van der Waals surface area contributed by atoms with Crippen LogP contribution in [0.2, 0.25) is 0 Å². The van der Waals surface area contributed by atoms with Gasteiger partial charge in [-0.2, -0.15) is 0 Å². The minimum absolute atomic E-state index is 0.641. The molecule has 0 atom stereocenters. The molecule has 0 fully saturated rings. The number of fused-ring (bicyclic) bond motifs is 8. The SMILES string of the molecule is c1ccc(-c2ccc(-c3nc(-c4cccc5c4sc4c6ccccc6ccc54)nc(-c4cccc5c4c4ccccc4n5-c4ccccc4)n3)cc2)cc1. The molecule has 0 spiro atoms. The number of hydrogen-bond donors (Lipinski definition) is 0. The first kappa shape index (κ1) is 30.7. The third-order valence-electron chi connectivity index (χ3n) is 10.5. The fourth-order valence-corrected chi connectivity index (χ4v) is 9.30. The Balaban J connectivity index is 1.17. The monoisotopic (exact) mass is 706 g/mol. The van der Waals surface area contributed by atoms with Crippen LogP contribution in [-0.2, 0) is 0 Å². The number of benzene rings is 8. The van der Waals surface area contributed by atoms with E-state index in [4.69, 9.17) is 15.0 Å². The molecule has 0 N–H and O–H groups in total. The molecule has 11 aromatic rings. The van der Waals surface area contributed by atoms with E-state index in [9.17, 15) is 0 Å². The third-order valence-corrected chi connectivity index (χ3v) is 11.8. The molecule has 0 radical (unpaired) electrons. The Morgan fingerprint density at radius 3 is 1.76 bits per heavy atom. The van der Waals surface area contributed by atoms with Gasteiger partial charge in [0.05, 0.1) is 11.0 Å². The van der Waals surface area contributed by atoms with Crippen molar-refractivity contribution in [2.45, 2.75) is 0 Å². The van der Waals surface area contributed by atoms with E-state index in [1.54, 1.807) is 0 Å². The molecule has 0 saturated heterocycles. The maximum atomic E-state index is 5.36. The highest BCUT2D eigenvalue weighted by Gasteiger charge is 2.21. The molecule has 0 aliphatic heterocycles. The normalized spacial score (nSPS) is 11.7. The standard InChI is InChI=1S/C49H30N4S/c1-3-13-31(14-4-1)32-25-27-34(28-26-32)47-50-48(40-21-12-24-43-44(40)39-19-9-10-23-42(39)53(43)35-16-5-2-6-17-35)52-49(51-47)41-22-11-20-37-38-30-29-33-15-7-8-18-36(33)45(38)54-46(37)41/h1-30H. The molecule has 0 unspecified atom stereocenters. The van der Waals surface area contributed by atoms with Gasteiger partial charge in [0.1, 0.15) is 0 Å². The zero-order valence-corrected chi connectivity index (χ0v) is 29.8. The van der Waals surface area contributed by atoms with Crippen LogP contribution in [0.15, 0.2) is 182 Å². The highest BCUT2D eigenvalue weighted by Crippen LogP contribution is 2.43. The summed E-state index contributed by atoms with van der Waals surface area (Å²) in [6, 6.07) is 64.2. The summed E-state index contributed by atoms with van der Waals surface area (Å²) in [5.41, 5.74) is 8.59. The Kier molecular flexibility index (Phi) is 7.00. The summed E-state index contributed by atoms with van der Waals surface area (Å²) >= 11 is 1.82. The van der Waals surface area contributed by atoms with Crippen LogP contribution in [0.4, 0.5) is 0 Å². The average molecular weight is 707 g/mol. The summed E-state index contributed by atoms with van der Waals surface area (Å²) in [6.45, 7) is 0. The van der Waals surface area contributed by atoms with Gasteiger partial charge in [-0.3, -0.25) is 0 Å². The van der Waals surface area contributed by atoms with Crippen molar-refractivity contribution in [2.75, 3.05) is 0 Å². The highest BCUT2D eigenvalue weighted by atomic mass is 32.1. The lowest BCUT2D eigenvalue weighted by Gasteiger charge is -2.11. The summed E-state index contributed by atoms with van der Waals surface area (Å²) in [5, 5.41) is 7.23. The summed E-state index contributed by atoms with van der Waals surface area (Å²) in [4.78, 5) is 15.9. The third kappa shape index (κ3) is 4.86. The summed E-state index contributed by atoms with van der Waals surface area (Å²) < 4.78 is 4.78. The van der Waals surface area contributed by atoms with Gasteiger partial charge < -0.3 is 4.57 Å². The van der Waals surface area contributed by atoms with Crippen LogP contribution in [0.5, 0.6) is 0 Å². The number of hydrogen-bond acceptors (Lipinski definition) is 4. The first-order chi connectivity index (χ1) is 26.8. The van der Waals surface area contributed by atoms with Gasteiger partial charge in [0.2, 0.25) is 0 Å². The van der Waals surface area contributed by atoms with Gasteiger partial charge in [0.25, 0.3) is 0 Å². The van der Waals surface area contributed by atoms with Gasteiger partial charge in [-0.05, 0) is 52.2 Å². The molecule has 8 aromatic carbocycles. The van der Waals surface area contributed by atoms with Gasteiger partial charge in [-0.25, -0.2) is 15.0 Å². The predicted molar refractivity (Wildman–Crippen MR) is 226 cm³/mol. The molecule has 252 valence electrons. The molecule has 4 nitrogen and oxygen atoms in total. The number of para-hydroxylation sites is 2. The van der Waals surface area contributed by atoms with Gasteiger partial charge in [0.15, 0.2) is 17.5 Å². The van der Waals surface area contributed by atoms with E-state index < -0.39 is 0 Å². The largest absolute Gasteiger partial charge is 0.309 e. The van der Waals surface area contributed by atoms with Crippen LogP contribution in [0.1, 0.15) is 0 Å². The average Bonchev–Trinajstić information content (AvgIpc) is 3.81. The fourth-order valence-electron chi connectivity index (χ4n) is 7.95. The minimum atomic E-state index is 0.641. The van der Waals surface area contributed by atoms with Gasteiger partial charge >= 0.3 is 0 Å². The molecule has 3 aromatic heterocycles. The van der Waals surface area contributed by atoms with E-state index >= 15 is 0 Å². The Hall–Kier alpha value is -6.95. The van der Waals surface area contributed by atoms with Gasteiger partial charge in [-0.1, -0.05) is 152 Å². The van der Waals surface area contributed by atoms with E-state index in [0.29, 0.717) is 17.5 Å². The quantitative estimate of drug-likeness (QED) is 0.179. The Morgan fingerprint density at radius 1 is 0.352 bits per heavy atom. The van der Waals surface area contributed by atoms with E-state index in [0.717, 1.165) is 49.7 Å². The van der Waals surface area contributed by atoms with Gasteiger partial charge in [-0.15, -0.1) is 11.3 Å². The smallest absolute Gasteiger partial charge is 0.165 e. The number of nitrogens with zero attached hydrogens (tertiary/aromatic N) is 4. The van der Waals surface area contributed by atoms with Crippen molar-refractivity contribution in [3.05, 3.63) is 182 Å². The second-order valence-electron chi connectivity index (χ2n) is 13.6. The van der Waals surface area contributed by atoms with Crippen molar-refractivity contribution in [2.24, 2.45) is 0 Å². The molecule has 0 aliphatic rings. The van der Waals surface area contributed by atoms with Crippen LogP contribution >= 0.6 is 11.3 Å². The Bertz CT molecular complexity index is 3200. The summed E-state index contributed by atoms with van der Waals surface area (Å²) in [5.74, 6) is 1.95. The van der Waals surface area contributed by atoms with Gasteiger partial charge in [0, 0.05) is 53.3 Å². The Morgan fingerprint density at radius 2 is 0.926 bits per heavy atom. The first-order valence-corrected chi connectivity index (χ1v) is 18.9. The lowest BCUT2D eigenvalue weighted by atomic mass is 10.0. The number of thiophene rings is 1. The predicted octanol–water partition coefficient (Wildman–Crippen LogP) is 13.2. The molecule has 11 rings (SSSR count). The van der Waals surface area contributed by atoms with Crippen molar-refractivity contribution >= 4 is 64.1 Å². The van der Waals surface area contributed by atoms with E-state index in [1.165, 1.54) is 36.5 Å². The zero-order valence-electron chi connectivity index (χ0n) is 29.0. The zero-order chi connectivity index (χ0) is 35.6. The van der Waals surface area contributed by atoms with Crippen LogP contribution in [-0.4, -0.2) is 19.5 Å². The highest BCUT2D eigenvalue weighted by molar-refractivity contribution is 7.27. The van der Waals surface area contributed by atoms with Crippen molar-refractivity contribution < 1.29 is 0 Å². The second-order valence-corrected chi connectivity index (χ2v) is 14.6. The van der Waals surface area contributed by atoms with Crippen molar-refractivity contribution in [1.29, 1.82) is 0 Å². The minimum Gasteiger partial charge on any atom is -0.309 e. The Labute approximate surface area is 315 Å². The van der Waals surface area contributed by atoms with Crippen molar-refractivity contribution in [3.8, 4) is 51.0 Å². The molecule has 0 aliphatic carbocycles. The first-order valence-electron chi connectivity index (χ1n) is 18.1. The molecule has 0 amide bonds. The molecule has 5 heteroatoms. The molecule has 0 bridgehead atoms. The maximum Gasteiger partial charge on any atom is 0.165 e. The molecular weight excluding hydrogens is 677 g/mol. The van der Waals surface area contributed by atoms with Crippen molar-refractivity contribution in [1.82, 2.24) is 19.5 Å². The fraction of sp³-hybridized carbons (Fsp3) is 0. The van der Waals surface area contributed by atoms with E-state index in [2.05, 4.69) is 180 Å². The molecule has 0 saturated carbocycles. The molecule has 54 heavy (non-hydrogen) atoms. The molecule has 3 heterocycles. The van der Waals surface area contributed by atoms with E-state index in [-0.39, 0.29) is 0 Å². The van der Waals surface area contributed by atoms with Crippen LogP contribution < -0.4 is 0 Å². The topological polar surface area (TPSA) is 43.6 Å². The van der Waals surface area contributed by atoms with Crippen LogP contribution in [0.3, 0.4) is 0 Å². The second kappa shape index (κ2) is 12.3. The van der Waals surface area contributed by atoms with Crippen molar-refractivity contribution in [3.63, 3.8) is 0 Å². The summed E-state index contributed by atoms with van der Waals surface area (Å²) in [6.07, 6.45) is 0. The molecular formula is C49H30N4S. The van der Waals surface area contributed by atoms with E-state index in [1.807, 2.05) is 17.4 Å². The lowest BCUT2D eigenvalue weighted by Crippen LogP contribution is -2.01. The van der Waals surface area contributed by atoms with Crippen LogP contribution in [0.25, 0.3) is 104 Å². The summed E-state index contributed by atoms with van der Waals surface area (Å²) in [7, 11) is 0. The number of aromatic nitrogens is 4. The number of rotatable bonds is 5.